The minimum atomic E-state index is -3.36. The van der Waals surface area contributed by atoms with E-state index in [-0.39, 0.29) is 12.2 Å². The molecule has 0 aliphatic heterocycles. The van der Waals surface area contributed by atoms with E-state index in [1.165, 1.54) is 13.0 Å². The molecule has 1 aromatic carbocycles. The van der Waals surface area contributed by atoms with Crippen molar-refractivity contribution in [1.29, 1.82) is 5.26 Å². The molecule has 0 aliphatic rings. The summed E-state index contributed by atoms with van der Waals surface area (Å²) in [6, 6.07) is 3.61. The minimum absolute atomic E-state index is 0.0574. The first-order valence-corrected chi connectivity index (χ1v) is 5.85. The van der Waals surface area contributed by atoms with Crippen molar-refractivity contribution in [3.63, 3.8) is 0 Å². The summed E-state index contributed by atoms with van der Waals surface area (Å²) in [7, 11) is 0. The molecule has 0 atom stereocenters. The van der Waals surface area contributed by atoms with Crippen LogP contribution < -0.4 is 4.74 Å². The van der Waals surface area contributed by atoms with E-state index in [1.807, 2.05) is 0 Å². The van der Waals surface area contributed by atoms with Crippen LogP contribution in [-0.2, 0) is 16.0 Å². The highest BCUT2D eigenvalue weighted by Crippen LogP contribution is 2.36. The summed E-state index contributed by atoms with van der Waals surface area (Å²) in [6.07, 6.45) is -3.71. The van der Waals surface area contributed by atoms with Crippen molar-refractivity contribution < 1.29 is 31.8 Å². The fourth-order valence-corrected chi connectivity index (χ4v) is 1.69. The summed E-state index contributed by atoms with van der Waals surface area (Å²) in [5.41, 5.74) is -1.64. The number of carbonyl (C=O) groups excluding carboxylic acids is 1. The zero-order valence-electron chi connectivity index (χ0n) is 10.9. The van der Waals surface area contributed by atoms with Gasteiger partial charge in [-0.05, 0) is 13.0 Å². The number of hydrogen-bond donors (Lipinski definition) is 0. The van der Waals surface area contributed by atoms with Crippen molar-refractivity contribution in [3.8, 4) is 11.8 Å². The van der Waals surface area contributed by atoms with E-state index < -0.39 is 42.3 Å². The topological polar surface area (TPSA) is 59.3 Å². The molecular weight excluding hydrogens is 294 g/mol. The second kappa shape index (κ2) is 7.47. The fraction of sp³-hybridized carbons (Fsp3) is 0.385. The maximum Gasteiger partial charge on any atom is 0.387 e. The predicted molar refractivity (Wildman–Crippen MR) is 63.1 cm³/mol. The predicted octanol–water partition coefficient (Wildman–Crippen LogP) is 3.20. The van der Waals surface area contributed by atoms with Gasteiger partial charge >= 0.3 is 12.6 Å². The van der Waals surface area contributed by atoms with Gasteiger partial charge in [0.05, 0.1) is 30.2 Å². The summed E-state index contributed by atoms with van der Waals surface area (Å²) in [4.78, 5) is 11.4. The van der Waals surface area contributed by atoms with E-state index in [0.29, 0.717) is 0 Å². The molecule has 0 spiro atoms. The van der Waals surface area contributed by atoms with Gasteiger partial charge in [0.15, 0.2) is 0 Å². The van der Waals surface area contributed by atoms with E-state index >= 15 is 0 Å². The average molecular weight is 305 g/mol. The van der Waals surface area contributed by atoms with Gasteiger partial charge in [0.2, 0.25) is 0 Å². The molecule has 0 saturated heterocycles. The molecule has 0 saturated carbocycles. The number of alkyl halides is 4. The van der Waals surface area contributed by atoms with Crippen LogP contribution in [0.15, 0.2) is 12.1 Å². The molecule has 0 aliphatic carbocycles. The molecular formula is C13H11F4NO3. The third-order valence-electron chi connectivity index (χ3n) is 2.46. The largest absolute Gasteiger partial charge is 0.466 e. The maximum absolute atomic E-state index is 13.0. The monoisotopic (exact) mass is 305 g/mol. The second-order valence-corrected chi connectivity index (χ2v) is 3.79. The van der Waals surface area contributed by atoms with Crippen LogP contribution in [-0.4, -0.2) is 19.2 Å². The highest BCUT2D eigenvalue weighted by molar-refractivity contribution is 5.74. The van der Waals surface area contributed by atoms with Crippen molar-refractivity contribution in [2.24, 2.45) is 0 Å². The number of nitrogens with zero attached hydrogens (tertiary/aromatic N) is 1. The lowest BCUT2D eigenvalue weighted by atomic mass is 10.0. The highest BCUT2D eigenvalue weighted by atomic mass is 19.3. The molecule has 0 aromatic heterocycles. The van der Waals surface area contributed by atoms with Crippen LogP contribution in [0.3, 0.4) is 0 Å². The van der Waals surface area contributed by atoms with Gasteiger partial charge in [0, 0.05) is 5.56 Å². The Morgan fingerprint density at radius 3 is 2.48 bits per heavy atom. The van der Waals surface area contributed by atoms with Crippen LogP contribution in [0.2, 0.25) is 0 Å². The van der Waals surface area contributed by atoms with Crippen LogP contribution in [0.1, 0.15) is 30.0 Å². The van der Waals surface area contributed by atoms with Crippen molar-refractivity contribution in [3.05, 3.63) is 28.8 Å². The Morgan fingerprint density at radius 1 is 1.33 bits per heavy atom. The van der Waals surface area contributed by atoms with E-state index in [1.54, 1.807) is 0 Å². The molecule has 1 aromatic rings. The van der Waals surface area contributed by atoms with Gasteiger partial charge in [0.25, 0.3) is 6.43 Å². The Balaban J connectivity index is 3.33. The number of halogens is 4. The first-order valence-electron chi connectivity index (χ1n) is 5.85. The smallest absolute Gasteiger partial charge is 0.387 e. The second-order valence-electron chi connectivity index (χ2n) is 3.79. The number of nitriles is 1. The Labute approximate surface area is 117 Å². The molecule has 1 rings (SSSR count). The highest BCUT2D eigenvalue weighted by Gasteiger charge is 2.25. The van der Waals surface area contributed by atoms with Crippen LogP contribution in [0.5, 0.6) is 5.75 Å². The van der Waals surface area contributed by atoms with E-state index in [2.05, 4.69) is 9.47 Å². The molecule has 8 heteroatoms. The van der Waals surface area contributed by atoms with Gasteiger partial charge in [0.1, 0.15) is 5.75 Å². The average Bonchev–Trinajstić information content (AvgIpc) is 2.39. The van der Waals surface area contributed by atoms with Gasteiger partial charge in [-0.3, -0.25) is 4.79 Å². The Morgan fingerprint density at radius 2 is 2.00 bits per heavy atom. The first kappa shape index (κ1) is 16.8. The minimum Gasteiger partial charge on any atom is -0.466 e. The van der Waals surface area contributed by atoms with Crippen molar-refractivity contribution in [1.82, 2.24) is 0 Å². The number of benzene rings is 1. The maximum atomic E-state index is 13.0. The molecule has 0 amide bonds. The van der Waals surface area contributed by atoms with Crippen LogP contribution in [0.25, 0.3) is 0 Å². The van der Waals surface area contributed by atoms with Crippen molar-refractivity contribution >= 4 is 5.97 Å². The zero-order chi connectivity index (χ0) is 16.0. The lowest BCUT2D eigenvalue weighted by Crippen LogP contribution is -2.13. The van der Waals surface area contributed by atoms with Crippen LogP contribution in [0.4, 0.5) is 17.6 Å². The third-order valence-corrected chi connectivity index (χ3v) is 2.46. The Bertz CT molecular complexity index is 555. The Kier molecular flexibility index (Phi) is 5.96. The third kappa shape index (κ3) is 4.34. The van der Waals surface area contributed by atoms with Crippen LogP contribution >= 0.6 is 0 Å². The van der Waals surface area contributed by atoms with Crippen LogP contribution in [0, 0.1) is 11.3 Å². The number of rotatable bonds is 6. The van der Waals surface area contributed by atoms with E-state index in [4.69, 9.17) is 5.26 Å². The van der Waals surface area contributed by atoms with Gasteiger partial charge in [-0.2, -0.15) is 14.0 Å². The van der Waals surface area contributed by atoms with Crippen molar-refractivity contribution in [2.45, 2.75) is 26.4 Å². The SMILES string of the molecule is CCOC(=O)Cc1ccc(C#N)c(C(F)F)c1OC(F)F. The van der Waals surface area contributed by atoms with E-state index in [9.17, 15) is 22.4 Å². The lowest BCUT2D eigenvalue weighted by Gasteiger charge is -2.16. The fourth-order valence-electron chi connectivity index (χ4n) is 1.69. The summed E-state index contributed by atoms with van der Waals surface area (Å²) >= 11 is 0. The number of carbonyl (C=O) groups is 1. The summed E-state index contributed by atoms with van der Waals surface area (Å²) < 4.78 is 59.5. The normalized spacial score (nSPS) is 10.6. The van der Waals surface area contributed by atoms with Gasteiger partial charge in [-0.25, -0.2) is 8.78 Å². The standard InChI is InChI=1S/C13H11F4NO3/c1-2-20-9(19)5-7-3-4-8(6-18)10(12(14)15)11(7)21-13(16)17/h3-4,12-13H,2,5H2,1H3. The molecule has 0 bridgehead atoms. The zero-order valence-corrected chi connectivity index (χ0v) is 10.9. The molecule has 0 radical (unpaired) electrons. The molecule has 114 valence electrons. The van der Waals surface area contributed by atoms with E-state index in [0.717, 1.165) is 12.1 Å². The van der Waals surface area contributed by atoms with Gasteiger partial charge in [-0.15, -0.1) is 0 Å². The lowest BCUT2D eigenvalue weighted by molar-refractivity contribution is -0.142. The molecule has 0 heterocycles. The summed E-state index contributed by atoms with van der Waals surface area (Å²) in [5.74, 6) is -1.63. The number of esters is 1. The van der Waals surface area contributed by atoms with Gasteiger partial charge in [-0.1, -0.05) is 6.07 Å². The number of hydrogen-bond acceptors (Lipinski definition) is 4. The molecule has 0 N–H and O–H groups in total. The summed E-state index contributed by atoms with van der Waals surface area (Å²) in [5, 5.41) is 8.76. The van der Waals surface area contributed by atoms with Crippen molar-refractivity contribution in [2.75, 3.05) is 6.61 Å². The molecule has 0 unspecified atom stereocenters. The molecule has 0 fully saturated rings. The summed E-state index contributed by atoms with van der Waals surface area (Å²) in [6.45, 7) is -1.77. The molecule has 4 nitrogen and oxygen atoms in total. The number of ether oxygens (including phenoxy) is 2. The first-order chi connectivity index (χ1) is 9.90. The quantitative estimate of drug-likeness (QED) is 0.598. The molecule has 21 heavy (non-hydrogen) atoms. The van der Waals surface area contributed by atoms with Gasteiger partial charge < -0.3 is 9.47 Å². The Hall–Kier alpha value is -2.30.